The molecule has 3 nitrogen and oxygen atoms in total. The Kier molecular flexibility index (Phi) is 2.80. The molecule has 1 aromatic rings. The van der Waals surface area contributed by atoms with E-state index in [4.69, 9.17) is 4.74 Å². The maximum Gasteiger partial charge on any atom is 0.235 e. The normalized spacial score (nSPS) is 19.0. The number of halogens is 1. The summed E-state index contributed by atoms with van der Waals surface area (Å²) in [7, 11) is 1.67. The van der Waals surface area contributed by atoms with E-state index in [1.54, 1.807) is 13.2 Å². The van der Waals surface area contributed by atoms with Gasteiger partial charge in [-0.3, -0.25) is 0 Å². The van der Waals surface area contributed by atoms with Gasteiger partial charge in [0.15, 0.2) is 0 Å². The summed E-state index contributed by atoms with van der Waals surface area (Å²) in [5.74, 6) is 0.840. The highest BCUT2D eigenvalue weighted by molar-refractivity contribution is 9.10. The highest BCUT2D eigenvalue weighted by Gasteiger charge is 2.48. The lowest BCUT2D eigenvalue weighted by Crippen LogP contribution is -2.07. The minimum atomic E-state index is -0.368. The summed E-state index contributed by atoms with van der Waals surface area (Å²) in [5, 5.41) is 0. The molecule has 2 aliphatic carbocycles. The number of hydrogen-bond donors (Lipinski definition) is 0. The number of ether oxygens (including phenoxy) is 1. The molecule has 18 heavy (non-hydrogen) atoms. The van der Waals surface area contributed by atoms with Gasteiger partial charge in [0, 0.05) is 5.56 Å². The van der Waals surface area contributed by atoms with Crippen molar-refractivity contribution in [3.8, 4) is 5.75 Å². The molecule has 3 rings (SSSR count). The molecule has 94 valence electrons. The molecule has 0 spiro atoms. The molecule has 4 heteroatoms. The van der Waals surface area contributed by atoms with E-state index in [2.05, 4.69) is 27.0 Å². The van der Waals surface area contributed by atoms with E-state index in [1.165, 1.54) is 17.5 Å². The molecule has 0 heterocycles. The molecular formula is C14H14BrNO2. The summed E-state index contributed by atoms with van der Waals surface area (Å²) in [4.78, 5) is 14.6. The number of rotatable bonds is 3. The fourth-order valence-electron chi connectivity index (χ4n) is 2.86. The standard InChI is InChI=1S/C14H14BrNO2/c1-18-13-11(14(5-6-14)16-8-17)7-9-3-2-4-10(9)12(13)15/h7H,2-6H2,1H3. The number of aryl methyl sites for hydroxylation is 1. The highest BCUT2D eigenvalue weighted by Crippen LogP contribution is 2.55. The van der Waals surface area contributed by atoms with Crippen LogP contribution < -0.4 is 4.74 Å². The molecule has 0 unspecified atom stereocenters. The van der Waals surface area contributed by atoms with Crippen LogP contribution in [0.25, 0.3) is 0 Å². The molecule has 2 aliphatic rings. The van der Waals surface area contributed by atoms with Crippen LogP contribution >= 0.6 is 15.9 Å². The number of fused-ring (bicyclic) bond motifs is 1. The third-order valence-corrected chi connectivity index (χ3v) is 4.82. The van der Waals surface area contributed by atoms with Crippen molar-refractivity contribution in [2.24, 2.45) is 4.99 Å². The number of carbonyl (C=O) groups excluding carboxylic acids is 1. The van der Waals surface area contributed by atoms with E-state index in [0.717, 1.165) is 41.5 Å². The maximum atomic E-state index is 10.6. The first-order valence-electron chi connectivity index (χ1n) is 6.19. The Morgan fingerprint density at radius 2 is 2.22 bits per heavy atom. The van der Waals surface area contributed by atoms with Crippen molar-refractivity contribution in [3.05, 3.63) is 27.2 Å². The first kappa shape index (κ1) is 11.9. The smallest absolute Gasteiger partial charge is 0.235 e. The van der Waals surface area contributed by atoms with Gasteiger partial charge in [0.25, 0.3) is 0 Å². The zero-order valence-corrected chi connectivity index (χ0v) is 11.8. The van der Waals surface area contributed by atoms with Crippen LogP contribution in [0, 0.1) is 0 Å². The van der Waals surface area contributed by atoms with Gasteiger partial charge in [0.1, 0.15) is 11.3 Å². The van der Waals surface area contributed by atoms with Crippen LogP contribution in [0.2, 0.25) is 0 Å². The Balaban J connectivity index is 2.21. The van der Waals surface area contributed by atoms with Crippen molar-refractivity contribution in [1.29, 1.82) is 0 Å². The zero-order valence-electron chi connectivity index (χ0n) is 10.3. The number of methoxy groups -OCH3 is 1. The third kappa shape index (κ3) is 1.63. The summed E-state index contributed by atoms with van der Waals surface area (Å²) in [6.07, 6.45) is 6.91. The molecule has 0 aromatic heterocycles. The fraction of sp³-hybridized carbons (Fsp3) is 0.500. The van der Waals surface area contributed by atoms with Crippen LogP contribution in [0.5, 0.6) is 5.75 Å². The van der Waals surface area contributed by atoms with Gasteiger partial charge in [-0.15, -0.1) is 0 Å². The van der Waals surface area contributed by atoms with Crippen LogP contribution in [0.4, 0.5) is 0 Å². The molecule has 0 bridgehead atoms. The largest absolute Gasteiger partial charge is 0.495 e. The summed E-state index contributed by atoms with van der Waals surface area (Å²) in [6, 6.07) is 2.18. The van der Waals surface area contributed by atoms with Crippen LogP contribution in [0.3, 0.4) is 0 Å². The second kappa shape index (κ2) is 4.22. The summed E-state index contributed by atoms with van der Waals surface area (Å²) in [5.41, 5.74) is 3.39. The number of hydrogen-bond acceptors (Lipinski definition) is 3. The average molecular weight is 308 g/mol. The predicted molar refractivity (Wildman–Crippen MR) is 71.8 cm³/mol. The van der Waals surface area contributed by atoms with E-state index in [0.29, 0.717) is 0 Å². The maximum absolute atomic E-state index is 10.6. The molecule has 0 saturated heterocycles. The lowest BCUT2D eigenvalue weighted by Gasteiger charge is -2.18. The molecule has 1 aromatic carbocycles. The molecule has 0 amide bonds. The SMILES string of the molecule is COc1c(C2(N=C=O)CC2)cc2c(c1Br)CCC2. The zero-order chi connectivity index (χ0) is 12.8. The highest BCUT2D eigenvalue weighted by atomic mass is 79.9. The third-order valence-electron chi connectivity index (χ3n) is 3.98. The van der Waals surface area contributed by atoms with Crippen LogP contribution in [-0.4, -0.2) is 13.2 Å². The first-order chi connectivity index (χ1) is 8.72. The van der Waals surface area contributed by atoms with Gasteiger partial charge in [0.2, 0.25) is 6.08 Å². The van der Waals surface area contributed by atoms with E-state index < -0.39 is 0 Å². The predicted octanol–water partition coefficient (Wildman–Crippen LogP) is 3.27. The van der Waals surface area contributed by atoms with Gasteiger partial charge in [-0.05, 0) is 65.2 Å². The van der Waals surface area contributed by atoms with Gasteiger partial charge in [-0.2, -0.15) is 4.99 Å². The number of benzene rings is 1. The fourth-order valence-corrected chi connectivity index (χ4v) is 3.69. The van der Waals surface area contributed by atoms with E-state index in [1.807, 2.05) is 0 Å². The van der Waals surface area contributed by atoms with Gasteiger partial charge in [0.05, 0.1) is 11.6 Å². The lowest BCUT2D eigenvalue weighted by molar-refractivity contribution is 0.401. The average Bonchev–Trinajstić information content (AvgIpc) is 2.99. The topological polar surface area (TPSA) is 38.7 Å². The van der Waals surface area contributed by atoms with Crippen molar-refractivity contribution in [2.75, 3.05) is 7.11 Å². The summed E-state index contributed by atoms with van der Waals surface area (Å²) >= 11 is 3.65. The van der Waals surface area contributed by atoms with Gasteiger partial charge in [-0.25, -0.2) is 4.79 Å². The summed E-state index contributed by atoms with van der Waals surface area (Å²) < 4.78 is 6.58. The molecule has 0 radical (unpaired) electrons. The van der Waals surface area contributed by atoms with Crippen molar-refractivity contribution < 1.29 is 9.53 Å². The van der Waals surface area contributed by atoms with Crippen LogP contribution in [0.15, 0.2) is 15.5 Å². The first-order valence-corrected chi connectivity index (χ1v) is 6.99. The molecule has 0 atom stereocenters. The molecule has 1 saturated carbocycles. The number of aliphatic imine (C=N–C) groups is 1. The van der Waals surface area contributed by atoms with Crippen molar-refractivity contribution in [2.45, 2.75) is 37.6 Å². The minimum Gasteiger partial charge on any atom is -0.495 e. The molecular weight excluding hydrogens is 294 g/mol. The molecule has 0 N–H and O–H groups in total. The van der Waals surface area contributed by atoms with Crippen molar-refractivity contribution in [1.82, 2.24) is 0 Å². The quantitative estimate of drug-likeness (QED) is 0.635. The Morgan fingerprint density at radius 1 is 1.44 bits per heavy atom. The van der Waals surface area contributed by atoms with Crippen LogP contribution in [0.1, 0.15) is 36.0 Å². The van der Waals surface area contributed by atoms with Crippen molar-refractivity contribution in [3.63, 3.8) is 0 Å². The number of nitrogens with zero attached hydrogens (tertiary/aromatic N) is 1. The van der Waals surface area contributed by atoms with Crippen LogP contribution in [-0.2, 0) is 23.2 Å². The van der Waals surface area contributed by atoms with Gasteiger partial charge >= 0.3 is 0 Å². The molecule has 0 aliphatic heterocycles. The second-order valence-corrected chi connectivity index (χ2v) is 5.79. The monoisotopic (exact) mass is 307 g/mol. The van der Waals surface area contributed by atoms with Gasteiger partial charge in [-0.1, -0.05) is 0 Å². The Hall–Kier alpha value is -1.12. The lowest BCUT2D eigenvalue weighted by atomic mass is 9.98. The Labute approximate surface area is 114 Å². The Bertz CT molecular complexity index is 557. The minimum absolute atomic E-state index is 0.368. The van der Waals surface area contributed by atoms with E-state index in [9.17, 15) is 4.79 Å². The summed E-state index contributed by atoms with van der Waals surface area (Å²) in [6.45, 7) is 0. The van der Waals surface area contributed by atoms with E-state index >= 15 is 0 Å². The second-order valence-electron chi connectivity index (χ2n) is 5.00. The van der Waals surface area contributed by atoms with Crippen molar-refractivity contribution >= 4 is 22.0 Å². The molecule has 1 fully saturated rings. The number of isocyanates is 1. The Morgan fingerprint density at radius 3 is 2.83 bits per heavy atom. The van der Waals surface area contributed by atoms with E-state index in [-0.39, 0.29) is 5.54 Å². The van der Waals surface area contributed by atoms with Gasteiger partial charge < -0.3 is 4.74 Å².